The van der Waals surface area contributed by atoms with Crippen LogP contribution in [0, 0.1) is 0 Å². The molecule has 0 spiro atoms. The molecule has 0 aliphatic carbocycles. The molecule has 0 amide bonds. The van der Waals surface area contributed by atoms with E-state index < -0.39 is 7.26 Å². The van der Waals surface area contributed by atoms with Crippen molar-refractivity contribution < 1.29 is 0 Å². The van der Waals surface area contributed by atoms with E-state index in [1.165, 1.54) is 28.5 Å². The summed E-state index contributed by atoms with van der Waals surface area (Å²) in [6.45, 7) is 2.30. The van der Waals surface area contributed by atoms with Gasteiger partial charge in [-0.1, -0.05) is 0 Å². The third kappa shape index (κ3) is 3.50. The summed E-state index contributed by atoms with van der Waals surface area (Å²) in [6.07, 6.45) is 2.44. The van der Waals surface area contributed by atoms with E-state index in [4.69, 9.17) is 0 Å². The molecule has 0 N–H and O–H groups in total. The summed E-state index contributed by atoms with van der Waals surface area (Å²) in [5.41, 5.74) is 0. The molecule has 3 aromatic carbocycles. The van der Waals surface area contributed by atoms with Gasteiger partial charge < -0.3 is 0 Å². The maximum absolute atomic E-state index is 2.32. The van der Waals surface area contributed by atoms with Gasteiger partial charge in [-0.15, -0.1) is 12.4 Å². The second-order valence-electron chi connectivity index (χ2n) is 5.75. The molecule has 3 aromatic rings. The first-order valence-electron chi connectivity index (χ1n) is 8.04. The normalized spacial score (nSPS) is 11.5. The van der Waals surface area contributed by atoms with Crippen molar-refractivity contribution in [3.63, 3.8) is 0 Å². The molecule has 0 aliphatic rings. The van der Waals surface area contributed by atoms with Gasteiger partial charge in [0.15, 0.2) is 0 Å². The second kappa shape index (κ2) is 8.29. The van der Waals surface area contributed by atoms with E-state index in [9.17, 15) is 0 Å². The Balaban J connectivity index is 0.00000192. The van der Waals surface area contributed by atoms with Gasteiger partial charge in [0, 0.05) is 0 Å². The molecule has 0 nitrogen and oxygen atoms in total. The second-order valence-corrected chi connectivity index (χ2v) is 9.80. The monoisotopic (exact) mass is 342 g/mol. The SMILES string of the molecule is CCC[PH](c1ccccc1)(c1ccccc1)c1ccccc1.Cl. The minimum Gasteiger partial charge on any atom is -0.147 e. The van der Waals surface area contributed by atoms with Crippen LogP contribution in [0.1, 0.15) is 13.3 Å². The smallest absolute Gasteiger partial charge is 0.147 e. The zero-order valence-corrected chi connectivity index (χ0v) is 15.3. The Morgan fingerprint density at radius 1 is 0.565 bits per heavy atom. The van der Waals surface area contributed by atoms with Crippen LogP contribution in [-0.4, -0.2) is 6.16 Å². The average molecular weight is 343 g/mol. The number of rotatable bonds is 5. The van der Waals surface area contributed by atoms with Crippen molar-refractivity contribution >= 4 is 35.6 Å². The first kappa shape index (κ1) is 17.7. The van der Waals surface area contributed by atoms with Crippen molar-refractivity contribution in [2.45, 2.75) is 13.3 Å². The van der Waals surface area contributed by atoms with Gasteiger partial charge in [0.1, 0.15) is 0 Å². The minimum absolute atomic E-state index is 0. The summed E-state index contributed by atoms with van der Waals surface area (Å²) in [7, 11) is -1.92. The predicted molar refractivity (Wildman–Crippen MR) is 109 cm³/mol. The Hall–Kier alpha value is -1.62. The van der Waals surface area contributed by atoms with E-state index >= 15 is 0 Å². The molecule has 0 saturated heterocycles. The Morgan fingerprint density at radius 3 is 1.13 bits per heavy atom. The molecule has 0 heterocycles. The largest absolute Gasteiger partial charge is 0.147 e. The van der Waals surface area contributed by atoms with Crippen LogP contribution < -0.4 is 15.9 Å². The maximum Gasteiger partial charge on any atom is -0.147 e. The number of hydrogen-bond acceptors (Lipinski definition) is 0. The standard InChI is InChI=1S/C21H23P.ClH/c1-2-18-22(19-12-6-3-7-13-19,20-14-8-4-9-15-20)21-16-10-5-11-17-21;/h3-17,22H,2,18H2,1H3;1H. The molecule has 0 aromatic heterocycles. The van der Waals surface area contributed by atoms with Gasteiger partial charge in [0.25, 0.3) is 0 Å². The molecule has 0 bridgehead atoms. The summed E-state index contributed by atoms with van der Waals surface area (Å²) in [5, 5.41) is 4.53. The zero-order valence-electron chi connectivity index (χ0n) is 13.5. The molecule has 3 rings (SSSR count). The Bertz CT molecular complexity index is 599. The van der Waals surface area contributed by atoms with E-state index in [2.05, 4.69) is 97.9 Å². The van der Waals surface area contributed by atoms with Gasteiger partial charge in [-0.2, -0.15) is 0 Å². The molecule has 0 radical (unpaired) electrons. The number of hydrogen-bond donors (Lipinski definition) is 0. The van der Waals surface area contributed by atoms with E-state index in [1.807, 2.05) is 0 Å². The van der Waals surface area contributed by atoms with Crippen molar-refractivity contribution in [1.29, 1.82) is 0 Å². The van der Waals surface area contributed by atoms with E-state index in [0.29, 0.717) is 0 Å². The summed E-state index contributed by atoms with van der Waals surface area (Å²) in [6, 6.07) is 33.4. The fourth-order valence-electron chi connectivity index (χ4n) is 3.48. The van der Waals surface area contributed by atoms with Crippen LogP contribution in [0.25, 0.3) is 0 Å². The zero-order chi connectivity index (χ0) is 15.3. The third-order valence-corrected chi connectivity index (χ3v) is 9.63. The fourth-order valence-corrected chi connectivity index (χ4v) is 8.38. The van der Waals surface area contributed by atoms with Crippen molar-refractivity contribution in [2.24, 2.45) is 0 Å². The maximum atomic E-state index is 2.32. The molecule has 2 heteroatoms. The molecule has 120 valence electrons. The van der Waals surface area contributed by atoms with Crippen molar-refractivity contribution in [3.8, 4) is 0 Å². The molecule has 0 fully saturated rings. The number of benzene rings is 3. The Kier molecular flexibility index (Phi) is 6.39. The van der Waals surface area contributed by atoms with Crippen molar-refractivity contribution in [3.05, 3.63) is 91.0 Å². The van der Waals surface area contributed by atoms with Gasteiger partial charge in [0.2, 0.25) is 0 Å². The van der Waals surface area contributed by atoms with Gasteiger partial charge in [-0.25, -0.2) is 0 Å². The molecule has 0 aliphatic heterocycles. The summed E-state index contributed by atoms with van der Waals surface area (Å²) < 4.78 is 0. The van der Waals surface area contributed by atoms with Gasteiger partial charge in [-0.05, 0) is 0 Å². The molecule has 0 unspecified atom stereocenters. The number of halogens is 1. The van der Waals surface area contributed by atoms with Crippen LogP contribution in [0.4, 0.5) is 0 Å². The summed E-state index contributed by atoms with van der Waals surface area (Å²) in [5.74, 6) is 0. The first-order chi connectivity index (χ1) is 10.9. The van der Waals surface area contributed by atoms with E-state index in [-0.39, 0.29) is 12.4 Å². The van der Waals surface area contributed by atoms with Crippen LogP contribution in [-0.2, 0) is 0 Å². The fraction of sp³-hybridized carbons (Fsp3) is 0.143. The summed E-state index contributed by atoms with van der Waals surface area (Å²) in [4.78, 5) is 0. The average Bonchev–Trinajstić information content (AvgIpc) is 2.62. The van der Waals surface area contributed by atoms with Gasteiger partial charge in [-0.3, -0.25) is 0 Å². The minimum atomic E-state index is -1.92. The third-order valence-electron chi connectivity index (χ3n) is 4.42. The molecular formula is C21H24ClP. The topological polar surface area (TPSA) is 0 Å². The van der Waals surface area contributed by atoms with Gasteiger partial charge in [0.05, 0.1) is 0 Å². The van der Waals surface area contributed by atoms with Gasteiger partial charge >= 0.3 is 134 Å². The molecule has 0 atom stereocenters. The Morgan fingerprint density at radius 2 is 0.870 bits per heavy atom. The van der Waals surface area contributed by atoms with Crippen LogP contribution in [0.2, 0.25) is 0 Å². The summed E-state index contributed by atoms with van der Waals surface area (Å²) >= 11 is 0. The molecular weight excluding hydrogens is 319 g/mol. The Labute approximate surface area is 146 Å². The van der Waals surface area contributed by atoms with E-state index in [0.717, 1.165) is 0 Å². The van der Waals surface area contributed by atoms with E-state index in [1.54, 1.807) is 0 Å². The molecule has 0 saturated carbocycles. The quantitative estimate of drug-likeness (QED) is 0.597. The molecule has 23 heavy (non-hydrogen) atoms. The first-order valence-corrected chi connectivity index (χ1v) is 10.2. The van der Waals surface area contributed by atoms with Crippen molar-refractivity contribution in [2.75, 3.05) is 6.16 Å². The van der Waals surface area contributed by atoms with Crippen LogP contribution in [0.3, 0.4) is 0 Å². The van der Waals surface area contributed by atoms with Crippen molar-refractivity contribution in [1.82, 2.24) is 0 Å². The van der Waals surface area contributed by atoms with Crippen LogP contribution in [0.5, 0.6) is 0 Å². The van der Waals surface area contributed by atoms with Crippen LogP contribution >= 0.6 is 19.7 Å². The van der Waals surface area contributed by atoms with Crippen LogP contribution in [0.15, 0.2) is 91.0 Å². The predicted octanol–water partition coefficient (Wildman–Crippen LogP) is 4.54.